The van der Waals surface area contributed by atoms with Gasteiger partial charge in [0.15, 0.2) is 0 Å². The Morgan fingerprint density at radius 3 is 2.55 bits per heavy atom. The van der Waals surface area contributed by atoms with E-state index in [1.165, 1.54) is 23.8 Å². The van der Waals surface area contributed by atoms with Crippen LogP contribution in [0.5, 0.6) is 0 Å². The summed E-state index contributed by atoms with van der Waals surface area (Å²) in [4.78, 5) is 12.3. The van der Waals surface area contributed by atoms with Gasteiger partial charge in [-0.15, -0.1) is 0 Å². The normalized spacial score (nSPS) is 24.4. The van der Waals surface area contributed by atoms with Gasteiger partial charge in [0, 0.05) is 5.92 Å². The van der Waals surface area contributed by atoms with Crippen molar-refractivity contribution in [3.05, 3.63) is 59.2 Å². The number of hydrogen-bond donors (Lipinski definition) is 0. The number of methoxy groups -OCH3 is 1. The van der Waals surface area contributed by atoms with Gasteiger partial charge in [0.05, 0.1) is 13.0 Å². The number of ether oxygens (including phenoxy) is 1. The second-order valence-corrected chi connectivity index (χ2v) is 6.37. The topological polar surface area (TPSA) is 26.3 Å². The lowest BCUT2D eigenvalue weighted by molar-refractivity contribution is -0.146. The number of allylic oxidation sites excluding steroid dienone is 4. The van der Waals surface area contributed by atoms with E-state index in [-0.39, 0.29) is 17.8 Å². The summed E-state index contributed by atoms with van der Waals surface area (Å²) in [6, 6.07) is 10.4. The summed E-state index contributed by atoms with van der Waals surface area (Å²) in [6.07, 6.45) is 6.23. The third-order valence-electron chi connectivity index (χ3n) is 4.61. The van der Waals surface area contributed by atoms with E-state index in [0.717, 1.165) is 12.8 Å². The Labute approximate surface area is 133 Å². The fourth-order valence-electron chi connectivity index (χ4n) is 3.40. The molecule has 0 unspecified atom stereocenters. The monoisotopic (exact) mass is 298 g/mol. The first-order valence-electron chi connectivity index (χ1n) is 7.97. The molecule has 2 rings (SSSR count). The Kier molecular flexibility index (Phi) is 5.59. The maximum atomic E-state index is 12.3. The highest BCUT2D eigenvalue weighted by atomic mass is 16.5. The van der Waals surface area contributed by atoms with E-state index in [1.807, 2.05) is 6.07 Å². The van der Waals surface area contributed by atoms with Crippen molar-refractivity contribution in [2.24, 2.45) is 11.8 Å². The van der Waals surface area contributed by atoms with E-state index in [9.17, 15) is 4.79 Å². The van der Waals surface area contributed by atoms with Crippen LogP contribution in [0.3, 0.4) is 0 Å². The van der Waals surface area contributed by atoms with Crippen molar-refractivity contribution in [2.75, 3.05) is 7.11 Å². The fourth-order valence-corrected chi connectivity index (χ4v) is 3.40. The average Bonchev–Trinajstić information content (AvgIpc) is 2.53. The van der Waals surface area contributed by atoms with Gasteiger partial charge < -0.3 is 4.74 Å². The van der Waals surface area contributed by atoms with Crippen LogP contribution in [0, 0.1) is 11.8 Å². The first-order valence-corrected chi connectivity index (χ1v) is 7.97. The van der Waals surface area contributed by atoms with Crippen molar-refractivity contribution in [1.29, 1.82) is 0 Å². The molecule has 0 fully saturated rings. The molecule has 1 aromatic carbocycles. The minimum Gasteiger partial charge on any atom is -0.469 e. The summed E-state index contributed by atoms with van der Waals surface area (Å²) < 4.78 is 5.07. The maximum absolute atomic E-state index is 12.3. The predicted molar refractivity (Wildman–Crippen MR) is 90.6 cm³/mol. The van der Waals surface area contributed by atoms with Crippen molar-refractivity contribution < 1.29 is 9.53 Å². The molecule has 1 aliphatic rings. The zero-order valence-electron chi connectivity index (χ0n) is 14.0. The lowest BCUT2D eigenvalue weighted by atomic mass is 9.68. The van der Waals surface area contributed by atoms with E-state index in [1.54, 1.807) is 0 Å². The van der Waals surface area contributed by atoms with E-state index < -0.39 is 0 Å². The lowest BCUT2D eigenvalue weighted by Crippen LogP contribution is -2.32. The minimum absolute atomic E-state index is 0.0911. The lowest BCUT2D eigenvalue weighted by Gasteiger charge is -2.36. The smallest absolute Gasteiger partial charge is 0.309 e. The molecule has 0 aromatic heterocycles. The molecular formula is C20H26O2. The molecule has 22 heavy (non-hydrogen) atoms. The molecule has 0 bridgehead atoms. The van der Waals surface area contributed by atoms with Gasteiger partial charge in [0.1, 0.15) is 0 Å². The molecular weight excluding hydrogens is 272 g/mol. The molecule has 1 aliphatic carbocycles. The van der Waals surface area contributed by atoms with Crippen LogP contribution in [0.1, 0.15) is 45.1 Å². The van der Waals surface area contributed by atoms with Crippen molar-refractivity contribution in [3.63, 3.8) is 0 Å². The Balaban J connectivity index is 2.42. The van der Waals surface area contributed by atoms with Gasteiger partial charge in [0.2, 0.25) is 0 Å². The summed E-state index contributed by atoms with van der Waals surface area (Å²) in [7, 11) is 1.49. The largest absolute Gasteiger partial charge is 0.469 e. The Bertz CT molecular complexity index is 565. The number of hydrogen-bond acceptors (Lipinski definition) is 2. The van der Waals surface area contributed by atoms with Crippen LogP contribution in [0.2, 0.25) is 0 Å². The Hall–Kier alpha value is -1.83. The zero-order chi connectivity index (χ0) is 16.1. The molecule has 118 valence electrons. The van der Waals surface area contributed by atoms with Gasteiger partial charge in [-0.2, -0.15) is 0 Å². The number of carbonyl (C=O) groups is 1. The molecule has 0 saturated carbocycles. The van der Waals surface area contributed by atoms with Gasteiger partial charge in [-0.05, 0) is 45.1 Å². The van der Waals surface area contributed by atoms with Gasteiger partial charge in [-0.25, -0.2) is 0 Å². The van der Waals surface area contributed by atoms with Crippen LogP contribution in [0.4, 0.5) is 0 Å². The zero-order valence-corrected chi connectivity index (χ0v) is 14.0. The van der Waals surface area contributed by atoms with E-state index in [2.05, 4.69) is 57.2 Å². The van der Waals surface area contributed by atoms with Gasteiger partial charge >= 0.3 is 5.97 Å². The van der Waals surface area contributed by atoms with E-state index >= 15 is 0 Å². The summed E-state index contributed by atoms with van der Waals surface area (Å²) in [6.45, 7) is 6.43. The SMILES string of the molecule is COC(=O)[C@@H]1CC=C(C)[C@@H](CC=C(C)C)[C@H]1c1ccccc1. The minimum atomic E-state index is -0.0974. The van der Waals surface area contributed by atoms with Crippen LogP contribution in [-0.4, -0.2) is 13.1 Å². The van der Waals surface area contributed by atoms with Crippen molar-refractivity contribution in [2.45, 2.75) is 39.5 Å². The first kappa shape index (κ1) is 16.5. The van der Waals surface area contributed by atoms with Crippen LogP contribution in [-0.2, 0) is 9.53 Å². The average molecular weight is 298 g/mol. The van der Waals surface area contributed by atoms with E-state index in [4.69, 9.17) is 4.74 Å². The first-order chi connectivity index (χ1) is 10.5. The molecule has 2 nitrogen and oxygen atoms in total. The molecule has 0 heterocycles. The van der Waals surface area contributed by atoms with Gasteiger partial charge in [0.25, 0.3) is 0 Å². The van der Waals surface area contributed by atoms with Gasteiger partial charge in [-0.1, -0.05) is 53.6 Å². The highest BCUT2D eigenvalue weighted by Gasteiger charge is 2.38. The predicted octanol–water partition coefficient (Wildman–Crippen LogP) is 4.88. The quantitative estimate of drug-likeness (QED) is 0.585. The van der Waals surface area contributed by atoms with Crippen LogP contribution in [0.25, 0.3) is 0 Å². The molecule has 0 amide bonds. The van der Waals surface area contributed by atoms with Crippen LogP contribution < -0.4 is 0 Å². The second kappa shape index (κ2) is 7.44. The second-order valence-electron chi connectivity index (χ2n) is 6.37. The maximum Gasteiger partial charge on any atom is 0.309 e. The molecule has 0 radical (unpaired) electrons. The van der Waals surface area contributed by atoms with Crippen molar-refractivity contribution in [1.82, 2.24) is 0 Å². The molecule has 2 heteroatoms. The Morgan fingerprint density at radius 1 is 1.27 bits per heavy atom. The third-order valence-corrected chi connectivity index (χ3v) is 4.61. The van der Waals surface area contributed by atoms with Crippen LogP contribution >= 0.6 is 0 Å². The summed E-state index contributed by atoms with van der Waals surface area (Å²) in [5.41, 5.74) is 3.93. The van der Waals surface area contributed by atoms with Crippen molar-refractivity contribution in [3.8, 4) is 0 Å². The standard InChI is InChI=1S/C20H26O2/c1-14(2)10-12-17-15(3)11-13-18(20(21)22-4)19(17)16-8-6-5-7-9-16/h5-11,17-19H,12-13H2,1-4H3/t17-,18-,19-/m1/s1. The number of rotatable bonds is 4. The molecule has 0 N–H and O–H groups in total. The third kappa shape index (κ3) is 3.68. The van der Waals surface area contributed by atoms with Gasteiger partial charge in [-0.3, -0.25) is 4.79 Å². The number of carbonyl (C=O) groups excluding carboxylic acids is 1. The molecule has 3 atom stereocenters. The molecule has 0 spiro atoms. The van der Waals surface area contributed by atoms with E-state index in [0.29, 0.717) is 5.92 Å². The van der Waals surface area contributed by atoms with Crippen molar-refractivity contribution >= 4 is 5.97 Å². The fraction of sp³-hybridized carbons (Fsp3) is 0.450. The number of benzene rings is 1. The number of esters is 1. The summed E-state index contributed by atoms with van der Waals surface area (Å²) >= 11 is 0. The summed E-state index contributed by atoms with van der Waals surface area (Å²) in [5, 5.41) is 0. The molecule has 0 aliphatic heterocycles. The van der Waals surface area contributed by atoms with Crippen LogP contribution in [0.15, 0.2) is 53.6 Å². The molecule has 1 aromatic rings. The summed E-state index contributed by atoms with van der Waals surface area (Å²) in [5.74, 6) is 0.357. The highest BCUT2D eigenvalue weighted by Crippen LogP contribution is 2.44. The highest BCUT2D eigenvalue weighted by molar-refractivity contribution is 5.74. The molecule has 0 saturated heterocycles. The Morgan fingerprint density at radius 2 is 1.95 bits per heavy atom.